The van der Waals surface area contributed by atoms with Crippen molar-refractivity contribution in [2.45, 2.75) is 12.3 Å². The van der Waals surface area contributed by atoms with Gasteiger partial charge in [0.25, 0.3) is 0 Å². The second-order valence-electron chi connectivity index (χ2n) is 6.48. The maximum Gasteiger partial charge on any atom is 0.321 e. The van der Waals surface area contributed by atoms with Crippen LogP contribution in [0.2, 0.25) is 0 Å². The molecule has 2 aromatic carbocycles. The number of amides is 2. The Bertz CT molecular complexity index is 914. The zero-order chi connectivity index (χ0) is 18.8. The number of ether oxygens (including phenoxy) is 2. The molecule has 3 aromatic rings. The lowest BCUT2D eigenvalue weighted by Crippen LogP contribution is -2.32. The van der Waals surface area contributed by atoms with E-state index in [-0.39, 0.29) is 11.9 Å². The summed E-state index contributed by atoms with van der Waals surface area (Å²) in [5, 5.41) is 2.91. The zero-order valence-electron chi connectivity index (χ0n) is 15.3. The van der Waals surface area contributed by atoms with E-state index in [0.717, 1.165) is 17.5 Å². The molecule has 0 saturated carbocycles. The van der Waals surface area contributed by atoms with E-state index in [1.807, 2.05) is 24.3 Å². The Hall–Kier alpha value is -3.22. The minimum atomic E-state index is -0.163. The van der Waals surface area contributed by atoms with Gasteiger partial charge in [0, 0.05) is 37.0 Å². The fourth-order valence-corrected chi connectivity index (χ4v) is 3.29. The Morgan fingerprint density at radius 2 is 1.93 bits per heavy atom. The van der Waals surface area contributed by atoms with Crippen LogP contribution < -0.4 is 14.8 Å². The molecular formula is C20H21N3O4. The standard InChI is InChI=1S/C20H21N3O4/c1-25-15-9-14(10-16(11-15)26-2)21-20(24)23-8-7-13(12-23)19-22-17-5-3-4-6-18(17)27-19/h3-6,9-11,13H,7-8,12H2,1-2H3,(H,21,24). The van der Waals surface area contributed by atoms with Crippen molar-refractivity contribution >= 4 is 22.8 Å². The highest BCUT2D eigenvalue weighted by atomic mass is 16.5. The first kappa shape index (κ1) is 17.2. The molecule has 0 spiro atoms. The van der Waals surface area contributed by atoms with Gasteiger partial charge in [0.15, 0.2) is 11.5 Å². The van der Waals surface area contributed by atoms with Crippen LogP contribution in [0, 0.1) is 0 Å². The maximum atomic E-state index is 12.6. The summed E-state index contributed by atoms with van der Waals surface area (Å²) >= 11 is 0. The number of oxazole rings is 1. The van der Waals surface area contributed by atoms with Crippen LogP contribution in [0.4, 0.5) is 10.5 Å². The van der Waals surface area contributed by atoms with Crippen LogP contribution >= 0.6 is 0 Å². The largest absolute Gasteiger partial charge is 0.497 e. The molecule has 27 heavy (non-hydrogen) atoms. The first-order valence-electron chi connectivity index (χ1n) is 8.80. The number of urea groups is 1. The monoisotopic (exact) mass is 367 g/mol. The zero-order valence-corrected chi connectivity index (χ0v) is 15.3. The Morgan fingerprint density at radius 3 is 2.63 bits per heavy atom. The third-order valence-electron chi connectivity index (χ3n) is 4.74. The van der Waals surface area contributed by atoms with Gasteiger partial charge in [0.1, 0.15) is 17.0 Å². The average Bonchev–Trinajstić information content (AvgIpc) is 3.34. The van der Waals surface area contributed by atoms with Crippen molar-refractivity contribution in [1.29, 1.82) is 0 Å². The van der Waals surface area contributed by atoms with Crippen LogP contribution in [0.1, 0.15) is 18.2 Å². The molecule has 0 aliphatic carbocycles. The molecule has 4 rings (SSSR count). The van der Waals surface area contributed by atoms with Crippen molar-refractivity contribution in [3.05, 3.63) is 48.4 Å². The molecule has 140 valence electrons. The predicted molar refractivity (Wildman–Crippen MR) is 102 cm³/mol. The van der Waals surface area contributed by atoms with E-state index in [4.69, 9.17) is 13.9 Å². The molecule has 1 aliphatic rings. The number of carbonyl (C=O) groups excluding carboxylic acids is 1. The van der Waals surface area contributed by atoms with Gasteiger partial charge in [-0.3, -0.25) is 0 Å². The summed E-state index contributed by atoms with van der Waals surface area (Å²) in [6.07, 6.45) is 0.821. The summed E-state index contributed by atoms with van der Waals surface area (Å²) in [6, 6.07) is 12.8. The van der Waals surface area contributed by atoms with E-state index in [9.17, 15) is 4.79 Å². The minimum Gasteiger partial charge on any atom is -0.497 e. The van der Waals surface area contributed by atoms with Crippen LogP contribution in [0.5, 0.6) is 11.5 Å². The molecule has 7 heteroatoms. The molecular weight excluding hydrogens is 346 g/mol. The summed E-state index contributed by atoms with van der Waals surface area (Å²) in [7, 11) is 3.15. The lowest BCUT2D eigenvalue weighted by Gasteiger charge is -2.17. The van der Waals surface area contributed by atoms with Crippen molar-refractivity contribution in [2.75, 3.05) is 32.6 Å². The Morgan fingerprint density at radius 1 is 1.19 bits per heavy atom. The molecule has 7 nitrogen and oxygen atoms in total. The van der Waals surface area contributed by atoms with Crippen LogP contribution in [0.25, 0.3) is 11.1 Å². The van der Waals surface area contributed by atoms with E-state index in [1.165, 1.54) is 0 Å². The molecule has 2 amide bonds. The number of hydrogen-bond donors (Lipinski definition) is 1. The molecule has 1 fully saturated rings. The fraction of sp³-hybridized carbons (Fsp3) is 0.300. The summed E-state index contributed by atoms with van der Waals surface area (Å²) < 4.78 is 16.3. The van der Waals surface area contributed by atoms with Crippen molar-refractivity contribution in [3.8, 4) is 11.5 Å². The molecule has 2 heterocycles. The maximum absolute atomic E-state index is 12.6. The SMILES string of the molecule is COc1cc(NC(=O)N2CCC(c3nc4ccccc4o3)C2)cc(OC)c1. The highest BCUT2D eigenvalue weighted by Gasteiger charge is 2.30. The molecule has 0 radical (unpaired) electrons. The molecule has 1 unspecified atom stereocenters. The van der Waals surface area contributed by atoms with Gasteiger partial charge in [0.05, 0.1) is 20.1 Å². The van der Waals surface area contributed by atoms with E-state index in [1.54, 1.807) is 37.3 Å². The molecule has 1 atom stereocenters. The first-order valence-corrected chi connectivity index (χ1v) is 8.80. The Labute approximate surface area is 156 Å². The normalized spacial score (nSPS) is 16.5. The van der Waals surface area contributed by atoms with Gasteiger partial charge in [0.2, 0.25) is 0 Å². The van der Waals surface area contributed by atoms with E-state index in [2.05, 4.69) is 10.3 Å². The number of fused-ring (bicyclic) bond motifs is 1. The van der Waals surface area contributed by atoms with Crippen LogP contribution in [0.15, 0.2) is 46.9 Å². The highest BCUT2D eigenvalue weighted by Crippen LogP contribution is 2.30. The van der Waals surface area contributed by atoms with Gasteiger partial charge >= 0.3 is 6.03 Å². The smallest absolute Gasteiger partial charge is 0.321 e. The highest BCUT2D eigenvalue weighted by molar-refractivity contribution is 5.90. The number of para-hydroxylation sites is 2. The van der Waals surface area contributed by atoms with Gasteiger partial charge in [-0.25, -0.2) is 9.78 Å². The van der Waals surface area contributed by atoms with Crippen LogP contribution in [0.3, 0.4) is 0 Å². The van der Waals surface area contributed by atoms with Crippen molar-refractivity contribution in [3.63, 3.8) is 0 Å². The van der Waals surface area contributed by atoms with Crippen LogP contribution in [-0.2, 0) is 0 Å². The summed E-state index contributed by atoms with van der Waals surface area (Å²) in [5.41, 5.74) is 2.25. The summed E-state index contributed by atoms with van der Waals surface area (Å²) in [5.74, 6) is 2.03. The molecule has 1 saturated heterocycles. The van der Waals surface area contributed by atoms with Gasteiger partial charge in [-0.1, -0.05) is 12.1 Å². The number of rotatable bonds is 4. The van der Waals surface area contributed by atoms with E-state index in [0.29, 0.717) is 36.2 Å². The van der Waals surface area contributed by atoms with E-state index < -0.39 is 0 Å². The number of hydrogen-bond acceptors (Lipinski definition) is 5. The topological polar surface area (TPSA) is 76.8 Å². The lowest BCUT2D eigenvalue weighted by molar-refractivity contribution is 0.221. The minimum absolute atomic E-state index is 0.1000. The molecule has 1 aliphatic heterocycles. The molecule has 0 bridgehead atoms. The van der Waals surface area contributed by atoms with Gasteiger partial charge < -0.3 is 24.1 Å². The molecule has 1 aromatic heterocycles. The number of benzene rings is 2. The van der Waals surface area contributed by atoms with Crippen LogP contribution in [-0.4, -0.2) is 43.2 Å². The number of carbonyl (C=O) groups is 1. The summed E-state index contributed by atoms with van der Waals surface area (Å²) in [6.45, 7) is 1.22. The van der Waals surface area contributed by atoms with Crippen molar-refractivity contribution in [2.24, 2.45) is 0 Å². The fourth-order valence-electron chi connectivity index (χ4n) is 3.29. The quantitative estimate of drug-likeness (QED) is 0.757. The number of nitrogens with one attached hydrogen (secondary N) is 1. The predicted octanol–water partition coefficient (Wildman–Crippen LogP) is 3.87. The number of likely N-dealkylation sites (tertiary alicyclic amines) is 1. The number of nitrogens with zero attached hydrogens (tertiary/aromatic N) is 2. The third-order valence-corrected chi connectivity index (χ3v) is 4.74. The van der Waals surface area contributed by atoms with E-state index >= 15 is 0 Å². The van der Waals surface area contributed by atoms with Gasteiger partial charge in [-0.15, -0.1) is 0 Å². The second kappa shape index (κ2) is 7.19. The second-order valence-corrected chi connectivity index (χ2v) is 6.48. The Balaban J connectivity index is 1.45. The molecule has 1 N–H and O–H groups in total. The number of anilines is 1. The Kier molecular flexibility index (Phi) is 4.58. The van der Waals surface area contributed by atoms with Crippen molar-refractivity contribution in [1.82, 2.24) is 9.88 Å². The first-order chi connectivity index (χ1) is 13.2. The van der Waals surface area contributed by atoms with Gasteiger partial charge in [-0.2, -0.15) is 0 Å². The van der Waals surface area contributed by atoms with Gasteiger partial charge in [-0.05, 0) is 18.6 Å². The number of aromatic nitrogens is 1. The lowest BCUT2D eigenvalue weighted by atomic mass is 10.1. The summed E-state index contributed by atoms with van der Waals surface area (Å²) in [4.78, 5) is 19.0. The van der Waals surface area contributed by atoms with Crippen molar-refractivity contribution < 1.29 is 18.7 Å². The third kappa shape index (κ3) is 3.53. The average molecular weight is 367 g/mol. The number of methoxy groups -OCH3 is 2.